The molecule has 0 atom stereocenters. The Bertz CT molecular complexity index is 1220. The molecule has 0 aliphatic carbocycles. The number of aromatic amines is 1. The van der Waals surface area contributed by atoms with Crippen LogP contribution in [0.4, 0.5) is 0 Å². The molecule has 0 amide bonds. The first-order valence-corrected chi connectivity index (χ1v) is 9.45. The Morgan fingerprint density at radius 2 is 1.27 bits per heavy atom. The van der Waals surface area contributed by atoms with Crippen LogP contribution < -0.4 is 0 Å². The molecule has 0 saturated carbocycles. The Labute approximate surface area is 160 Å². The summed E-state index contributed by atoms with van der Waals surface area (Å²) in [5.74, 6) is 0. The number of aromatic nitrogens is 1. The van der Waals surface area contributed by atoms with Crippen molar-refractivity contribution in [3.8, 4) is 22.3 Å². The molecule has 1 heterocycles. The molecule has 0 fully saturated rings. The first-order valence-electron chi connectivity index (χ1n) is 8.65. The van der Waals surface area contributed by atoms with Crippen LogP contribution in [0.25, 0.3) is 44.1 Å². The highest BCUT2D eigenvalue weighted by atomic mass is 79.9. The summed E-state index contributed by atoms with van der Waals surface area (Å²) in [7, 11) is 0. The molecular formula is C24H16BrN. The van der Waals surface area contributed by atoms with Gasteiger partial charge in [-0.1, -0.05) is 82.7 Å². The van der Waals surface area contributed by atoms with Gasteiger partial charge in [0.15, 0.2) is 0 Å². The van der Waals surface area contributed by atoms with Gasteiger partial charge in [-0.15, -0.1) is 0 Å². The topological polar surface area (TPSA) is 15.8 Å². The SMILES string of the molecule is Brc1cc(-c2ccccc2)c2[nH]c3ccc(-c4ccccc4)cc3c2c1. The minimum atomic E-state index is 1.09. The Hall–Kier alpha value is -2.84. The maximum absolute atomic E-state index is 3.70. The van der Waals surface area contributed by atoms with E-state index < -0.39 is 0 Å². The Morgan fingerprint density at radius 1 is 0.577 bits per heavy atom. The van der Waals surface area contributed by atoms with Crippen molar-refractivity contribution in [2.45, 2.75) is 0 Å². The third-order valence-corrected chi connectivity index (χ3v) is 5.32. The number of hydrogen-bond acceptors (Lipinski definition) is 0. The van der Waals surface area contributed by atoms with Gasteiger partial charge in [-0.3, -0.25) is 0 Å². The van der Waals surface area contributed by atoms with E-state index in [2.05, 4.69) is 112 Å². The fraction of sp³-hybridized carbons (Fsp3) is 0. The van der Waals surface area contributed by atoms with Gasteiger partial charge < -0.3 is 4.98 Å². The van der Waals surface area contributed by atoms with Crippen molar-refractivity contribution in [2.24, 2.45) is 0 Å². The van der Waals surface area contributed by atoms with E-state index in [0.29, 0.717) is 0 Å². The van der Waals surface area contributed by atoms with Crippen molar-refractivity contribution in [1.29, 1.82) is 0 Å². The van der Waals surface area contributed by atoms with Crippen molar-refractivity contribution < 1.29 is 0 Å². The predicted molar refractivity (Wildman–Crippen MR) is 114 cm³/mol. The average Bonchev–Trinajstić information content (AvgIpc) is 3.06. The van der Waals surface area contributed by atoms with Crippen molar-refractivity contribution in [3.63, 3.8) is 0 Å². The third-order valence-electron chi connectivity index (χ3n) is 4.86. The molecule has 0 unspecified atom stereocenters. The van der Waals surface area contributed by atoms with Gasteiger partial charge in [0, 0.05) is 26.3 Å². The molecule has 0 aliphatic heterocycles. The fourth-order valence-corrected chi connectivity index (χ4v) is 4.08. The van der Waals surface area contributed by atoms with E-state index in [9.17, 15) is 0 Å². The summed E-state index contributed by atoms with van der Waals surface area (Å²) in [6.45, 7) is 0. The summed E-state index contributed by atoms with van der Waals surface area (Å²) in [4.78, 5) is 3.63. The second kappa shape index (κ2) is 6.15. The molecular weight excluding hydrogens is 382 g/mol. The van der Waals surface area contributed by atoms with Crippen molar-refractivity contribution >= 4 is 37.7 Å². The number of nitrogens with one attached hydrogen (secondary N) is 1. The summed E-state index contributed by atoms with van der Waals surface area (Å²) in [6.07, 6.45) is 0. The van der Waals surface area contributed by atoms with E-state index in [0.717, 1.165) is 9.99 Å². The lowest BCUT2D eigenvalue weighted by Gasteiger charge is -2.05. The van der Waals surface area contributed by atoms with Crippen LogP contribution in [0.5, 0.6) is 0 Å². The largest absolute Gasteiger partial charge is 0.354 e. The molecule has 0 spiro atoms. The van der Waals surface area contributed by atoms with Crippen molar-refractivity contribution in [1.82, 2.24) is 4.98 Å². The molecule has 0 bridgehead atoms. The molecule has 0 saturated heterocycles. The fourth-order valence-electron chi connectivity index (χ4n) is 3.62. The van der Waals surface area contributed by atoms with Crippen molar-refractivity contribution in [3.05, 3.63) is 95.5 Å². The van der Waals surface area contributed by atoms with Crippen LogP contribution in [0.1, 0.15) is 0 Å². The van der Waals surface area contributed by atoms with Crippen LogP contribution in [0.15, 0.2) is 95.5 Å². The monoisotopic (exact) mass is 397 g/mol. The second-order valence-electron chi connectivity index (χ2n) is 6.49. The van der Waals surface area contributed by atoms with Gasteiger partial charge in [0.25, 0.3) is 0 Å². The van der Waals surface area contributed by atoms with Crippen LogP contribution in [0, 0.1) is 0 Å². The highest BCUT2D eigenvalue weighted by molar-refractivity contribution is 9.10. The van der Waals surface area contributed by atoms with E-state index in [1.807, 2.05) is 0 Å². The predicted octanol–water partition coefficient (Wildman–Crippen LogP) is 7.42. The summed E-state index contributed by atoms with van der Waals surface area (Å²) in [5.41, 5.74) is 7.25. The molecule has 26 heavy (non-hydrogen) atoms. The summed E-state index contributed by atoms with van der Waals surface area (Å²) in [6, 6.07) is 32.1. The number of rotatable bonds is 2. The first kappa shape index (κ1) is 15.4. The normalized spacial score (nSPS) is 11.3. The highest BCUT2D eigenvalue weighted by Crippen LogP contribution is 2.37. The lowest BCUT2D eigenvalue weighted by Crippen LogP contribution is -1.81. The van der Waals surface area contributed by atoms with E-state index in [-0.39, 0.29) is 0 Å². The molecule has 1 nitrogen and oxygen atoms in total. The number of halogens is 1. The maximum atomic E-state index is 3.70. The van der Waals surface area contributed by atoms with Crippen molar-refractivity contribution in [2.75, 3.05) is 0 Å². The van der Waals surface area contributed by atoms with E-state index in [1.54, 1.807) is 0 Å². The van der Waals surface area contributed by atoms with Gasteiger partial charge in [-0.05, 0) is 41.0 Å². The quantitative estimate of drug-likeness (QED) is 0.319. The number of benzene rings is 4. The minimum Gasteiger partial charge on any atom is -0.354 e. The lowest BCUT2D eigenvalue weighted by molar-refractivity contribution is 1.53. The maximum Gasteiger partial charge on any atom is 0.0545 e. The van der Waals surface area contributed by atoms with Crippen LogP contribution in [-0.4, -0.2) is 4.98 Å². The molecule has 1 N–H and O–H groups in total. The van der Waals surface area contributed by atoms with Gasteiger partial charge in [-0.25, -0.2) is 0 Å². The second-order valence-corrected chi connectivity index (χ2v) is 7.41. The van der Waals surface area contributed by atoms with Gasteiger partial charge in [0.2, 0.25) is 0 Å². The zero-order valence-electron chi connectivity index (χ0n) is 14.0. The van der Waals surface area contributed by atoms with Gasteiger partial charge in [0.1, 0.15) is 0 Å². The molecule has 4 aromatic carbocycles. The van der Waals surface area contributed by atoms with E-state index in [4.69, 9.17) is 0 Å². The van der Waals surface area contributed by atoms with Gasteiger partial charge >= 0.3 is 0 Å². The summed E-state index contributed by atoms with van der Waals surface area (Å²) < 4.78 is 1.09. The Balaban J connectivity index is 1.81. The molecule has 0 aliphatic rings. The molecule has 5 aromatic rings. The summed E-state index contributed by atoms with van der Waals surface area (Å²) >= 11 is 3.70. The lowest BCUT2D eigenvalue weighted by atomic mass is 10.0. The number of H-pyrrole nitrogens is 1. The number of hydrogen-bond donors (Lipinski definition) is 1. The Kier molecular flexibility index (Phi) is 3.65. The molecule has 0 radical (unpaired) electrons. The number of fused-ring (bicyclic) bond motifs is 3. The van der Waals surface area contributed by atoms with E-state index in [1.165, 1.54) is 38.5 Å². The van der Waals surface area contributed by atoms with Crippen LogP contribution in [-0.2, 0) is 0 Å². The van der Waals surface area contributed by atoms with Crippen LogP contribution in [0.2, 0.25) is 0 Å². The third kappa shape index (κ3) is 2.54. The zero-order chi connectivity index (χ0) is 17.5. The average molecular weight is 398 g/mol. The van der Waals surface area contributed by atoms with Crippen LogP contribution in [0.3, 0.4) is 0 Å². The summed E-state index contributed by atoms with van der Waals surface area (Å²) in [5, 5.41) is 2.49. The van der Waals surface area contributed by atoms with Gasteiger partial charge in [-0.2, -0.15) is 0 Å². The van der Waals surface area contributed by atoms with Crippen LogP contribution >= 0.6 is 15.9 Å². The molecule has 5 rings (SSSR count). The molecule has 2 heteroatoms. The zero-order valence-corrected chi connectivity index (χ0v) is 15.6. The molecule has 1 aromatic heterocycles. The smallest absolute Gasteiger partial charge is 0.0545 e. The molecule has 124 valence electrons. The van der Waals surface area contributed by atoms with E-state index >= 15 is 0 Å². The standard InChI is InChI=1S/C24H16BrN/c25-19-14-20(17-9-5-2-6-10-17)24-22(15-19)21-13-18(11-12-23(21)26-24)16-7-3-1-4-8-16/h1-15,26H. The minimum absolute atomic E-state index is 1.09. The first-order chi connectivity index (χ1) is 12.8. The van der Waals surface area contributed by atoms with Gasteiger partial charge in [0.05, 0.1) is 5.52 Å². The Morgan fingerprint density at radius 3 is 2.00 bits per heavy atom. The highest BCUT2D eigenvalue weighted by Gasteiger charge is 2.12.